The number of hydrogen-bond donors (Lipinski definition) is 1. The summed E-state index contributed by atoms with van der Waals surface area (Å²) in [6.45, 7) is 3.84. The van der Waals surface area contributed by atoms with Crippen LogP contribution in [0, 0.1) is 6.92 Å². The van der Waals surface area contributed by atoms with Crippen molar-refractivity contribution in [3.05, 3.63) is 106 Å². The van der Waals surface area contributed by atoms with Crippen LogP contribution in [0.25, 0.3) is 0 Å². The van der Waals surface area contributed by atoms with Gasteiger partial charge in [0.15, 0.2) is 5.78 Å². The van der Waals surface area contributed by atoms with Crippen LogP contribution in [-0.2, 0) is 20.9 Å². The molecule has 0 fully saturated rings. The van der Waals surface area contributed by atoms with Crippen LogP contribution in [0.5, 0.6) is 0 Å². The summed E-state index contributed by atoms with van der Waals surface area (Å²) in [5, 5.41) is 3.33. The molecular weight excluding hydrogens is 418 g/mol. The predicted molar refractivity (Wildman–Crippen MR) is 121 cm³/mol. The fraction of sp³-hybridized carbons (Fsp3) is 0.259. The van der Waals surface area contributed by atoms with Gasteiger partial charge in [0.05, 0.1) is 17.8 Å². The van der Waals surface area contributed by atoms with Crippen molar-refractivity contribution in [3.8, 4) is 0 Å². The summed E-state index contributed by atoms with van der Waals surface area (Å²) < 4.78 is 17.2. The van der Waals surface area contributed by atoms with Crippen molar-refractivity contribution in [3.63, 3.8) is 0 Å². The number of aryl methyl sites for hydroxylation is 1. The van der Waals surface area contributed by atoms with E-state index in [-0.39, 0.29) is 18.3 Å². The van der Waals surface area contributed by atoms with Crippen molar-refractivity contribution in [1.82, 2.24) is 5.32 Å². The molecule has 1 N–H and O–H groups in total. The molecular formula is C27H25NO5. The number of carbonyl (C=O) groups excluding carboxylic acids is 2. The van der Waals surface area contributed by atoms with E-state index in [1.54, 1.807) is 6.26 Å². The number of esters is 1. The van der Waals surface area contributed by atoms with E-state index in [1.165, 1.54) is 0 Å². The normalized spacial score (nSPS) is 20.5. The molecule has 2 aromatic heterocycles. The van der Waals surface area contributed by atoms with Gasteiger partial charge in [0.25, 0.3) is 0 Å². The molecule has 0 saturated heterocycles. The molecule has 6 nitrogen and oxygen atoms in total. The number of dihydropyridines is 1. The summed E-state index contributed by atoms with van der Waals surface area (Å²) in [5.74, 6) is 0.937. The Labute approximate surface area is 191 Å². The first-order valence-electron chi connectivity index (χ1n) is 11.1. The zero-order chi connectivity index (χ0) is 22.9. The maximum absolute atomic E-state index is 13.4. The largest absolute Gasteiger partial charge is 0.469 e. The predicted octanol–water partition coefficient (Wildman–Crippen LogP) is 5.29. The molecule has 0 radical (unpaired) electrons. The van der Waals surface area contributed by atoms with Gasteiger partial charge in [-0.05, 0) is 50.1 Å². The van der Waals surface area contributed by atoms with E-state index in [0.717, 1.165) is 22.8 Å². The lowest BCUT2D eigenvalue weighted by Crippen LogP contribution is -2.36. The SMILES string of the molecule is CC1=C(C(=O)OCc2ccccc2)[C@@H](c2ccc(C)o2)C2=C(C[C@@H](c3ccco3)CC2=O)N1. The third-order valence-electron chi connectivity index (χ3n) is 6.25. The Hall–Kier alpha value is -3.80. The first-order chi connectivity index (χ1) is 16.0. The highest BCUT2D eigenvalue weighted by Crippen LogP contribution is 2.46. The second-order valence-corrected chi connectivity index (χ2v) is 8.54. The minimum absolute atomic E-state index is 0.0231. The minimum Gasteiger partial charge on any atom is -0.469 e. The van der Waals surface area contributed by atoms with Crippen LogP contribution in [0.15, 0.2) is 92.2 Å². The lowest BCUT2D eigenvalue weighted by Gasteiger charge is -2.35. The fourth-order valence-corrected chi connectivity index (χ4v) is 4.73. The molecule has 0 saturated carbocycles. The highest BCUT2D eigenvalue weighted by Gasteiger charge is 2.43. The van der Waals surface area contributed by atoms with E-state index in [0.29, 0.717) is 35.4 Å². The Morgan fingerprint density at radius 3 is 2.55 bits per heavy atom. The van der Waals surface area contributed by atoms with Gasteiger partial charge >= 0.3 is 5.97 Å². The number of ketones is 1. The van der Waals surface area contributed by atoms with Crippen LogP contribution in [0.4, 0.5) is 0 Å². The minimum atomic E-state index is -0.608. The monoisotopic (exact) mass is 443 g/mol. The summed E-state index contributed by atoms with van der Waals surface area (Å²) in [7, 11) is 0. The Morgan fingerprint density at radius 2 is 1.85 bits per heavy atom. The summed E-state index contributed by atoms with van der Waals surface area (Å²) in [6.07, 6.45) is 2.56. The van der Waals surface area contributed by atoms with E-state index in [9.17, 15) is 9.59 Å². The molecule has 0 spiro atoms. The van der Waals surface area contributed by atoms with Gasteiger partial charge in [-0.3, -0.25) is 4.79 Å². The Morgan fingerprint density at radius 1 is 1.03 bits per heavy atom. The van der Waals surface area contributed by atoms with Gasteiger partial charge in [0, 0.05) is 29.3 Å². The molecule has 2 aliphatic rings. The Kier molecular flexibility index (Phi) is 5.50. The molecule has 0 amide bonds. The third kappa shape index (κ3) is 4.04. The number of Topliss-reactive ketones (excluding diaryl/α,β-unsaturated/α-hetero) is 1. The molecule has 1 aliphatic carbocycles. The summed E-state index contributed by atoms with van der Waals surface area (Å²) in [6, 6.07) is 16.9. The van der Waals surface area contributed by atoms with Crippen molar-refractivity contribution in [2.75, 3.05) is 0 Å². The molecule has 168 valence electrons. The molecule has 1 aromatic carbocycles. The van der Waals surface area contributed by atoms with Gasteiger partial charge < -0.3 is 18.9 Å². The Bertz CT molecular complexity index is 1250. The molecule has 6 heteroatoms. The van der Waals surface area contributed by atoms with E-state index >= 15 is 0 Å². The van der Waals surface area contributed by atoms with Gasteiger partial charge in [0.1, 0.15) is 23.9 Å². The number of carbonyl (C=O) groups is 2. The van der Waals surface area contributed by atoms with E-state index < -0.39 is 11.9 Å². The first-order valence-corrected chi connectivity index (χ1v) is 11.1. The number of allylic oxidation sites excluding steroid dienone is 3. The maximum Gasteiger partial charge on any atom is 0.337 e. The van der Waals surface area contributed by atoms with Crippen LogP contribution in [0.1, 0.15) is 54.4 Å². The summed E-state index contributed by atoms with van der Waals surface area (Å²) >= 11 is 0. The Balaban J connectivity index is 1.50. The number of furan rings is 2. The number of hydrogen-bond acceptors (Lipinski definition) is 6. The average molecular weight is 443 g/mol. The molecule has 2 atom stereocenters. The molecule has 5 rings (SSSR count). The zero-order valence-corrected chi connectivity index (χ0v) is 18.6. The average Bonchev–Trinajstić information content (AvgIpc) is 3.49. The second kappa shape index (κ2) is 8.62. The van der Waals surface area contributed by atoms with Crippen LogP contribution in [-0.4, -0.2) is 11.8 Å². The van der Waals surface area contributed by atoms with Crippen LogP contribution < -0.4 is 5.32 Å². The van der Waals surface area contributed by atoms with Crippen molar-refractivity contribution in [2.24, 2.45) is 0 Å². The standard InChI is InChI=1S/C27H25NO5/c1-16-10-11-23(33-16)26-24(27(30)32-15-18-7-4-3-5-8-18)17(2)28-20-13-19(14-21(29)25(20)26)22-9-6-12-31-22/h3-12,19,26,28H,13-15H2,1-2H3/t19-,26-/m1/s1. The van der Waals surface area contributed by atoms with E-state index in [1.807, 2.05) is 68.4 Å². The smallest absolute Gasteiger partial charge is 0.337 e. The van der Waals surface area contributed by atoms with E-state index in [4.69, 9.17) is 13.6 Å². The molecule has 0 bridgehead atoms. The van der Waals surface area contributed by atoms with Crippen molar-refractivity contribution < 1.29 is 23.2 Å². The molecule has 0 unspecified atom stereocenters. The topological polar surface area (TPSA) is 81.7 Å². The fourth-order valence-electron chi connectivity index (χ4n) is 4.73. The molecule has 33 heavy (non-hydrogen) atoms. The highest BCUT2D eigenvalue weighted by molar-refractivity contribution is 6.04. The van der Waals surface area contributed by atoms with Gasteiger partial charge in [0.2, 0.25) is 0 Å². The molecule has 3 aromatic rings. The lowest BCUT2D eigenvalue weighted by atomic mass is 9.74. The number of nitrogens with one attached hydrogen (secondary N) is 1. The molecule has 3 heterocycles. The number of ether oxygens (including phenoxy) is 1. The van der Waals surface area contributed by atoms with E-state index in [2.05, 4.69) is 5.32 Å². The van der Waals surface area contributed by atoms with Crippen LogP contribution in [0.2, 0.25) is 0 Å². The van der Waals surface area contributed by atoms with Crippen molar-refractivity contribution >= 4 is 11.8 Å². The summed E-state index contributed by atoms with van der Waals surface area (Å²) in [4.78, 5) is 26.7. The van der Waals surface area contributed by atoms with Gasteiger partial charge in [-0.1, -0.05) is 30.3 Å². The molecule has 1 aliphatic heterocycles. The number of benzene rings is 1. The first kappa shape index (κ1) is 21.1. The van der Waals surface area contributed by atoms with Crippen LogP contribution in [0.3, 0.4) is 0 Å². The quantitative estimate of drug-likeness (QED) is 0.540. The van der Waals surface area contributed by atoms with Crippen LogP contribution >= 0.6 is 0 Å². The summed E-state index contributed by atoms with van der Waals surface area (Å²) in [5.41, 5.74) is 3.35. The maximum atomic E-state index is 13.4. The van der Waals surface area contributed by atoms with Crippen molar-refractivity contribution in [1.29, 1.82) is 0 Å². The lowest BCUT2D eigenvalue weighted by molar-refractivity contribution is -0.140. The number of rotatable bonds is 5. The van der Waals surface area contributed by atoms with Gasteiger partial charge in [-0.25, -0.2) is 4.79 Å². The third-order valence-corrected chi connectivity index (χ3v) is 6.25. The second-order valence-electron chi connectivity index (χ2n) is 8.54. The van der Waals surface area contributed by atoms with Gasteiger partial charge in [-0.15, -0.1) is 0 Å². The van der Waals surface area contributed by atoms with Gasteiger partial charge in [-0.2, -0.15) is 0 Å². The highest BCUT2D eigenvalue weighted by atomic mass is 16.5. The van der Waals surface area contributed by atoms with Crippen molar-refractivity contribution in [2.45, 2.75) is 45.1 Å². The zero-order valence-electron chi connectivity index (χ0n) is 18.6.